The van der Waals surface area contributed by atoms with Crippen LogP contribution in [-0.2, 0) is 16.0 Å². The van der Waals surface area contributed by atoms with Gasteiger partial charge in [-0.25, -0.2) is 0 Å². The van der Waals surface area contributed by atoms with Crippen LogP contribution in [-0.4, -0.2) is 37.7 Å². The Hall–Kier alpha value is -0.910. The maximum atomic E-state index is 11.8. The third-order valence-electron chi connectivity index (χ3n) is 2.95. The molecule has 2 atom stereocenters. The van der Waals surface area contributed by atoms with E-state index >= 15 is 0 Å². The molecule has 0 saturated carbocycles. The molecule has 0 aliphatic carbocycles. The number of hydrogen-bond donors (Lipinski definition) is 2. The van der Waals surface area contributed by atoms with Crippen LogP contribution >= 0.6 is 11.3 Å². The van der Waals surface area contributed by atoms with Gasteiger partial charge in [0.05, 0.1) is 19.1 Å². The van der Waals surface area contributed by atoms with E-state index in [1.165, 1.54) is 5.56 Å². The summed E-state index contributed by atoms with van der Waals surface area (Å²) in [5.74, 6) is 0.0754. The standard InChI is InChI=1S/C13H20N2O2S/c1-10(6-11-2-5-18-9-11)15-13(16)7-12-8-14-3-4-17-12/h2,5,9-10,12,14H,3-4,6-8H2,1H3,(H,15,16). The average Bonchev–Trinajstić information content (AvgIpc) is 2.82. The summed E-state index contributed by atoms with van der Waals surface area (Å²) in [7, 11) is 0. The highest BCUT2D eigenvalue weighted by molar-refractivity contribution is 7.07. The molecule has 1 amide bonds. The average molecular weight is 268 g/mol. The highest BCUT2D eigenvalue weighted by Crippen LogP contribution is 2.09. The first-order valence-corrected chi connectivity index (χ1v) is 7.31. The molecule has 4 nitrogen and oxygen atoms in total. The van der Waals surface area contributed by atoms with Gasteiger partial charge in [0, 0.05) is 19.1 Å². The Balaban J connectivity index is 1.69. The Morgan fingerprint density at radius 1 is 1.72 bits per heavy atom. The van der Waals surface area contributed by atoms with Crippen LogP contribution in [0.25, 0.3) is 0 Å². The minimum Gasteiger partial charge on any atom is -0.375 e. The molecule has 2 rings (SSSR count). The van der Waals surface area contributed by atoms with E-state index in [9.17, 15) is 4.79 Å². The topological polar surface area (TPSA) is 50.4 Å². The molecule has 1 aromatic heterocycles. The zero-order chi connectivity index (χ0) is 12.8. The summed E-state index contributed by atoms with van der Waals surface area (Å²) < 4.78 is 5.51. The zero-order valence-electron chi connectivity index (χ0n) is 10.6. The smallest absolute Gasteiger partial charge is 0.222 e. The van der Waals surface area contributed by atoms with Crippen molar-refractivity contribution < 1.29 is 9.53 Å². The highest BCUT2D eigenvalue weighted by atomic mass is 32.1. The van der Waals surface area contributed by atoms with Crippen LogP contribution < -0.4 is 10.6 Å². The predicted molar refractivity (Wildman–Crippen MR) is 72.9 cm³/mol. The number of rotatable bonds is 5. The summed E-state index contributed by atoms with van der Waals surface area (Å²) in [6, 6.07) is 2.27. The molecule has 0 aromatic carbocycles. The molecule has 1 saturated heterocycles. The van der Waals surface area contributed by atoms with Crippen LogP contribution in [0.3, 0.4) is 0 Å². The number of carbonyl (C=O) groups is 1. The second-order valence-corrected chi connectivity index (χ2v) is 5.49. The molecular weight excluding hydrogens is 248 g/mol. The van der Waals surface area contributed by atoms with Crippen molar-refractivity contribution in [3.63, 3.8) is 0 Å². The van der Waals surface area contributed by atoms with E-state index in [-0.39, 0.29) is 18.1 Å². The first-order valence-electron chi connectivity index (χ1n) is 6.37. The number of hydrogen-bond acceptors (Lipinski definition) is 4. The maximum Gasteiger partial charge on any atom is 0.222 e. The molecule has 1 aliphatic rings. The number of amides is 1. The van der Waals surface area contributed by atoms with Crippen LogP contribution in [0.15, 0.2) is 16.8 Å². The van der Waals surface area contributed by atoms with Gasteiger partial charge in [0.1, 0.15) is 0 Å². The Bertz CT molecular complexity index is 361. The van der Waals surface area contributed by atoms with E-state index in [4.69, 9.17) is 4.74 Å². The Morgan fingerprint density at radius 3 is 3.28 bits per heavy atom. The van der Waals surface area contributed by atoms with Gasteiger partial charge in [-0.15, -0.1) is 0 Å². The molecule has 1 fully saturated rings. The molecule has 1 aromatic rings. The van der Waals surface area contributed by atoms with E-state index in [0.29, 0.717) is 13.0 Å². The molecule has 18 heavy (non-hydrogen) atoms. The Morgan fingerprint density at radius 2 is 2.61 bits per heavy atom. The van der Waals surface area contributed by atoms with Gasteiger partial charge in [0.2, 0.25) is 5.91 Å². The molecule has 100 valence electrons. The highest BCUT2D eigenvalue weighted by Gasteiger charge is 2.18. The molecule has 0 bridgehead atoms. The Kier molecular flexibility index (Phi) is 5.16. The monoisotopic (exact) mass is 268 g/mol. The second-order valence-electron chi connectivity index (χ2n) is 4.71. The lowest BCUT2D eigenvalue weighted by Crippen LogP contribution is -2.43. The van der Waals surface area contributed by atoms with Gasteiger partial charge < -0.3 is 15.4 Å². The van der Waals surface area contributed by atoms with Crippen molar-refractivity contribution in [3.05, 3.63) is 22.4 Å². The van der Waals surface area contributed by atoms with Crippen LogP contribution in [0.2, 0.25) is 0 Å². The van der Waals surface area contributed by atoms with Crippen molar-refractivity contribution in [1.29, 1.82) is 0 Å². The molecule has 2 N–H and O–H groups in total. The number of nitrogens with one attached hydrogen (secondary N) is 2. The molecule has 1 aliphatic heterocycles. The number of thiophene rings is 1. The summed E-state index contributed by atoms with van der Waals surface area (Å²) in [5, 5.41) is 10.4. The van der Waals surface area contributed by atoms with Crippen LogP contribution in [0, 0.1) is 0 Å². The predicted octanol–water partition coefficient (Wildman–Crippen LogP) is 1.17. The van der Waals surface area contributed by atoms with Gasteiger partial charge in [-0.3, -0.25) is 4.79 Å². The van der Waals surface area contributed by atoms with E-state index in [1.807, 2.05) is 6.92 Å². The minimum atomic E-state index is 0.0205. The summed E-state index contributed by atoms with van der Waals surface area (Å²) in [5.41, 5.74) is 1.28. The van der Waals surface area contributed by atoms with Crippen LogP contribution in [0.5, 0.6) is 0 Å². The zero-order valence-corrected chi connectivity index (χ0v) is 11.5. The first kappa shape index (κ1) is 13.5. The van der Waals surface area contributed by atoms with E-state index < -0.39 is 0 Å². The molecule has 2 heterocycles. The largest absolute Gasteiger partial charge is 0.375 e. The molecule has 2 unspecified atom stereocenters. The van der Waals surface area contributed by atoms with Crippen molar-refractivity contribution in [2.75, 3.05) is 19.7 Å². The molecule has 0 radical (unpaired) electrons. The fourth-order valence-electron chi connectivity index (χ4n) is 2.10. The van der Waals surface area contributed by atoms with Crippen molar-refractivity contribution >= 4 is 17.2 Å². The van der Waals surface area contributed by atoms with Gasteiger partial charge in [0.15, 0.2) is 0 Å². The summed E-state index contributed by atoms with van der Waals surface area (Å²) in [6.45, 7) is 4.39. The summed E-state index contributed by atoms with van der Waals surface area (Å²) in [4.78, 5) is 11.8. The third kappa shape index (κ3) is 4.40. The fraction of sp³-hybridized carbons (Fsp3) is 0.615. The van der Waals surface area contributed by atoms with Gasteiger partial charge in [-0.05, 0) is 35.7 Å². The van der Waals surface area contributed by atoms with Crippen molar-refractivity contribution in [1.82, 2.24) is 10.6 Å². The lowest BCUT2D eigenvalue weighted by molar-refractivity contribution is -0.125. The second kappa shape index (κ2) is 6.87. The van der Waals surface area contributed by atoms with Crippen molar-refractivity contribution in [2.24, 2.45) is 0 Å². The maximum absolute atomic E-state index is 11.8. The van der Waals surface area contributed by atoms with Gasteiger partial charge in [-0.2, -0.15) is 11.3 Å². The summed E-state index contributed by atoms with van der Waals surface area (Å²) in [6.07, 6.45) is 1.35. The van der Waals surface area contributed by atoms with Crippen molar-refractivity contribution in [2.45, 2.75) is 31.9 Å². The lowest BCUT2D eigenvalue weighted by atomic mass is 10.1. The van der Waals surface area contributed by atoms with Crippen LogP contribution in [0.4, 0.5) is 0 Å². The quantitative estimate of drug-likeness (QED) is 0.843. The molecule has 5 heteroatoms. The normalized spacial score (nSPS) is 21.5. The minimum absolute atomic E-state index is 0.0205. The molecular formula is C13H20N2O2S. The summed E-state index contributed by atoms with van der Waals surface area (Å²) >= 11 is 1.69. The van der Waals surface area contributed by atoms with E-state index in [2.05, 4.69) is 27.5 Å². The third-order valence-corrected chi connectivity index (χ3v) is 3.68. The number of carbonyl (C=O) groups excluding carboxylic acids is 1. The lowest BCUT2D eigenvalue weighted by Gasteiger charge is -2.23. The van der Waals surface area contributed by atoms with Crippen molar-refractivity contribution in [3.8, 4) is 0 Å². The SMILES string of the molecule is CC(Cc1ccsc1)NC(=O)CC1CNCCO1. The molecule has 0 spiro atoms. The Labute approximate surface area is 112 Å². The van der Waals surface area contributed by atoms with E-state index in [0.717, 1.165) is 19.5 Å². The fourth-order valence-corrected chi connectivity index (χ4v) is 2.79. The number of ether oxygens (including phenoxy) is 1. The first-order chi connectivity index (χ1) is 8.74. The number of morpholine rings is 1. The van der Waals surface area contributed by atoms with Gasteiger partial charge >= 0.3 is 0 Å². The van der Waals surface area contributed by atoms with E-state index in [1.54, 1.807) is 11.3 Å². The van der Waals surface area contributed by atoms with Gasteiger partial charge in [0.25, 0.3) is 0 Å². The van der Waals surface area contributed by atoms with Gasteiger partial charge in [-0.1, -0.05) is 0 Å². The van der Waals surface area contributed by atoms with Crippen LogP contribution in [0.1, 0.15) is 18.9 Å².